The Bertz CT molecular complexity index is 704. The Hall–Kier alpha value is -2.26. The molecule has 0 fully saturated rings. The van der Waals surface area contributed by atoms with E-state index in [1.54, 1.807) is 0 Å². The molecule has 0 aliphatic rings. The summed E-state index contributed by atoms with van der Waals surface area (Å²) in [4.78, 5) is 8.51. The number of hydrogen-bond donors (Lipinski definition) is 1. The molecule has 0 amide bonds. The van der Waals surface area contributed by atoms with Crippen LogP contribution in [0.25, 0.3) is 10.9 Å². The summed E-state index contributed by atoms with van der Waals surface area (Å²) < 4.78 is 0. The van der Waals surface area contributed by atoms with Crippen molar-refractivity contribution in [3.8, 4) is 0 Å². The first-order valence-electron chi connectivity index (χ1n) is 7.25. The van der Waals surface area contributed by atoms with Gasteiger partial charge >= 0.3 is 0 Å². The van der Waals surface area contributed by atoms with E-state index in [2.05, 4.69) is 51.7 Å². The molecule has 3 nitrogen and oxygen atoms in total. The van der Waals surface area contributed by atoms with Crippen molar-refractivity contribution < 1.29 is 0 Å². The van der Waals surface area contributed by atoms with E-state index < -0.39 is 0 Å². The average Bonchev–Trinajstić information content (AvgIpc) is 2.55. The van der Waals surface area contributed by atoms with Gasteiger partial charge in [0.15, 0.2) is 0 Å². The Balaban J connectivity index is 1.82. The van der Waals surface area contributed by atoms with Gasteiger partial charge in [-0.3, -0.25) is 9.97 Å². The van der Waals surface area contributed by atoms with Crippen LogP contribution in [0.3, 0.4) is 0 Å². The highest BCUT2D eigenvalue weighted by Gasteiger charge is 2.10. The van der Waals surface area contributed by atoms with Crippen LogP contribution in [0.5, 0.6) is 0 Å². The first kappa shape index (κ1) is 13.7. The number of rotatable bonds is 5. The second-order valence-electron chi connectivity index (χ2n) is 5.24. The quantitative estimate of drug-likeness (QED) is 0.779. The van der Waals surface area contributed by atoms with E-state index in [1.807, 2.05) is 31.7 Å². The first-order chi connectivity index (χ1) is 10.4. The summed E-state index contributed by atoms with van der Waals surface area (Å²) in [5.74, 6) is 0. The fourth-order valence-corrected chi connectivity index (χ4v) is 2.68. The fraction of sp³-hybridized carbons (Fsp3) is 0.222. The fourth-order valence-electron chi connectivity index (χ4n) is 2.68. The van der Waals surface area contributed by atoms with Crippen LogP contribution in [-0.2, 0) is 12.8 Å². The van der Waals surface area contributed by atoms with Gasteiger partial charge < -0.3 is 5.32 Å². The highest BCUT2D eigenvalue weighted by atomic mass is 14.9. The lowest BCUT2D eigenvalue weighted by Gasteiger charge is -2.17. The van der Waals surface area contributed by atoms with E-state index in [1.165, 1.54) is 16.5 Å². The molecule has 1 unspecified atom stereocenters. The van der Waals surface area contributed by atoms with Gasteiger partial charge in [-0.15, -0.1) is 0 Å². The number of aromatic nitrogens is 2. The molecule has 106 valence electrons. The molecule has 2 aromatic heterocycles. The molecule has 3 heteroatoms. The molecular weight excluding hydrogens is 258 g/mol. The molecule has 2 heterocycles. The lowest BCUT2D eigenvalue weighted by Crippen LogP contribution is -2.30. The van der Waals surface area contributed by atoms with E-state index in [-0.39, 0.29) is 0 Å². The van der Waals surface area contributed by atoms with Crippen LogP contribution >= 0.6 is 0 Å². The predicted molar refractivity (Wildman–Crippen MR) is 86.2 cm³/mol. The zero-order chi connectivity index (χ0) is 14.5. The van der Waals surface area contributed by atoms with Gasteiger partial charge in [-0.2, -0.15) is 0 Å². The van der Waals surface area contributed by atoms with Gasteiger partial charge in [0.2, 0.25) is 0 Å². The van der Waals surface area contributed by atoms with E-state index in [0.717, 1.165) is 18.4 Å². The van der Waals surface area contributed by atoms with Gasteiger partial charge in [0, 0.05) is 30.0 Å². The Kier molecular flexibility index (Phi) is 4.22. The molecule has 1 atom stereocenters. The summed E-state index contributed by atoms with van der Waals surface area (Å²) in [7, 11) is 2.02. The Morgan fingerprint density at radius 1 is 0.952 bits per heavy atom. The molecule has 1 N–H and O–H groups in total. The van der Waals surface area contributed by atoms with E-state index in [0.29, 0.717) is 6.04 Å². The van der Waals surface area contributed by atoms with Gasteiger partial charge in [0.1, 0.15) is 0 Å². The number of hydrogen-bond acceptors (Lipinski definition) is 3. The summed E-state index contributed by atoms with van der Waals surface area (Å²) in [6.45, 7) is 0. The topological polar surface area (TPSA) is 37.8 Å². The highest BCUT2D eigenvalue weighted by molar-refractivity contribution is 5.81. The maximum Gasteiger partial charge on any atom is 0.0704 e. The second-order valence-corrected chi connectivity index (χ2v) is 5.24. The van der Waals surface area contributed by atoms with Gasteiger partial charge in [-0.1, -0.05) is 18.2 Å². The third kappa shape index (κ3) is 3.26. The Labute approximate surface area is 125 Å². The molecule has 3 aromatic rings. The van der Waals surface area contributed by atoms with Crippen molar-refractivity contribution in [2.24, 2.45) is 0 Å². The average molecular weight is 277 g/mol. The number of nitrogens with zero attached hydrogens (tertiary/aromatic N) is 2. The van der Waals surface area contributed by atoms with Gasteiger partial charge in [0.05, 0.1) is 5.52 Å². The number of nitrogens with one attached hydrogen (secondary N) is 1. The van der Waals surface area contributed by atoms with Gasteiger partial charge in [-0.05, 0) is 55.3 Å². The lowest BCUT2D eigenvalue weighted by molar-refractivity contribution is 0.557. The second kappa shape index (κ2) is 6.46. The van der Waals surface area contributed by atoms with E-state index >= 15 is 0 Å². The number of para-hydroxylation sites is 1. The summed E-state index contributed by atoms with van der Waals surface area (Å²) in [6.07, 6.45) is 7.59. The van der Waals surface area contributed by atoms with Crippen LogP contribution in [-0.4, -0.2) is 23.1 Å². The van der Waals surface area contributed by atoms with E-state index in [9.17, 15) is 0 Å². The third-order valence-electron chi connectivity index (χ3n) is 3.85. The van der Waals surface area contributed by atoms with E-state index in [4.69, 9.17) is 0 Å². The molecule has 0 spiro atoms. The number of pyridine rings is 2. The monoisotopic (exact) mass is 277 g/mol. The van der Waals surface area contributed by atoms with Crippen molar-refractivity contribution in [1.82, 2.24) is 15.3 Å². The van der Waals surface area contributed by atoms with Crippen LogP contribution in [0.4, 0.5) is 0 Å². The lowest BCUT2D eigenvalue weighted by atomic mass is 9.97. The normalized spacial score (nSPS) is 12.4. The summed E-state index contributed by atoms with van der Waals surface area (Å²) in [5.41, 5.74) is 3.71. The van der Waals surface area contributed by atoms with Crippen LogP contribution in [0.1, 0.15) is 11.1 Å². The molecule has 21 heavy (non-hydrogen) atoms. The van der Waals surface area contributed by atoms with Crippen molar-refractivity contribution in [3.05, 3.63) is 72.2 Å². The first-order valence-corrected chi connectivity index (χ1v) is 7.25. The molecule has 0 aliphatic carbocycles. The molecule has 0 radical (unpaired) electrons. The minimum Gasteiger partial charge on any atom is -0.316 e. The third-order valence-corrected chi connectivity index (χ3v) is 3.85. The zero-order valence-electron chi connectivity index (χ0n) is 12.2. The molecule has 1 aromatic carbocycles. The molecule has 0 saturated carbocycles. The number of fused-ring (bicyclic) bond motifs is 1. The van der Waals surface area contributed by atoms with Crippen molar-refractivity contribution in [1.29, 1.82) is 0 Å². The van der Waals surface area contributed by atoms with Crippen LogP contribution in [0.2, 0.25) is 0 Å². The SMILES string of the molecule is CNC(Cc1ccncc1)Cc1ccnc2ccccc12. The van der Waals surface area contributed by atoms with Crippen LogP contribution in [0, 0.1) is 0 Å². The smallest absolute Gasteiger partial charge is 0.0704 e. The maximum atomic E-state index is 4.43. The summed E-state index contributed by atoms with van der Waals surface area (Å²) in [5, 5.41) is 4.67. The summed E-state index contributed by atoms with van der Waals surface area (Å²) >= 11 is 0. The molecule has 0 saturated heterocycles. The largest absolute Gasteiger partial charge is 0.316 e. The predicted octanol–water partition coefficient (Wildman–Crippen LogP) is 3.00. The maximum absolute atomic E-state index is 4.43. The molecule has 0 bridgehead atoms. The van der Waals surface area contributed by atoms with Crippen molar-refractivity contribution in [2.75, 3.05) is 7.05 Å². The van der Waals surface area contributed by atoms with Crippen molar-refractivity contribution in [2.45, 2.75) is 18.9 Å². The zero-order valence-corrected chi connectivity index (χ0v) is 12.2. The number of benzene rings is 1. The Morgan fingerprint density at radius 2 is 1.76 bits per heavy atom. The highest BCUT2D eigenvalue weighted by Crippen LogP contribution is 2.18. The van der Waals surface area contributed by atoms with Gasteiger partial charge in [-0.25, -0.2) is 0 Å². The minimum atomic E-state index is 0.401. The van der Waals surface area contributed by atoms with Crippen LogP contribution in [0.15, 0.2) is 61.1 Å². The molecule has 3 rings (SSSR count). The number of likely N-dealkylation sites (N-methyl/N-ethyl adjacent to an activating group) is 1. The summed E-state index contributed by atoms with van der Waals surface area (Å²) in [6, 6.07) is 15.0. The molecule has 0 aliphatic heterocycles. The minimum absolute atomic E-state index is 0.401. The van der Waals surface area contributed by atoms with Crippen LogP contribution < -0.4 is 5.32 Å². The Morgan fingerprint density at radius 3 is 2.57 bits per heavy atom. The van der Waals surface area contributed by atoms with Gasteiger partial charge in [0.25, 0.3) is 0 Å². The standard InChI is InChI=1S/C18H19N3/c1-19-16(12-14-6-9-20-10-7-14)13-15-8-11-21-18-5-3-2-4-17(15)18/h2-11,16,19H,12-13H2,1H3. The molecular formula is C18H19N3. The van der Waals surface area contributed by atoms with Crippen molar-refractivity contribution >= 4 is 10.9 Å². The van der Waals surface area contributed by atoms with Crippen molar-refractivity contribution in [3.63, 3.8) is 0 Å².